The van der Waals surface area contributed by atoms with Crippen molar-refractivity contribution in [1.82, 2.24) is 57.3 Å². The molecule has 0 spiro atoms. The molecule has 0 radical (unpaired) electrons. The molecular formula is C85H111N13O22S4. The first-order chi connectivity index (χ1) is 59.2. The van der Waals surface area contributed by atoms with Gasteiger partial charge in [0.2, 0.25) is 53.2 Å². The number of carboxylic acids is 1. The lowest BCUT2D eigenvalue weighted by Crippen LogP contribution is -2.55. The Morgan fingerprint density at radius 3 is 1.78 bits per heavy atom. The number of phenolic OH excluding ortho intramolecular Hbond substituents is 1. The number of para-hydroxylation sites is 1. The van der Waals surface area contributed by atoms with E-state index >= 15 is 38.4 Å². The van der Waals surface area contributed by atoms with Gasteiger partial charge < -0.3 is 83.5 Å². The van der Waals surface area contributed by atoms with Gasteiger partial charge in [-0.05, 0) is 107 Å². The average molecular weight is 1800 g/mol. The third-order valence-electron chi connectivity index (χ3n) is 22.4. The van der Waals surface area contributed by atoms with Crippen LogP contribution in [0.5, 0.6) is 5.75 Å². The van der Waals surface area contributed by atoms with Crippen LogP contribution in [-0.4, -0.2) is 257 Å². The topological polar surface area (TPSA) is 557 Å². The lowest BCUT2D eigenvalue weighted by molar-refractivity contribution is -0.147. The van der Waals surface area contributed by atoms with Gasteiger partial charge in [-0.25, -0.2) is 0 Å². The normalized spacial score (nSPS) is 24.7. The van der Waals surface area contributed by atoms with Crippen LogP contribution in [0.4, 0.5) is 0 Å². The number of aromatic hydroxyl groups is 1. The number of hydrogen-bond acceptors (Lipinski definition) is 26. The van der Waals surface area contributed by atoms with Crippen molar-refractivity contribution in [3.63, 3.8) is 0 Å². The number of aromatic nitrogens is 1. The Balaban J connectivity index is 1.22. The van der Waals surface area contributed by atoms with Crippen LogP contribution in [0.2, 0.25) is 0 Å². The summed E-state index contributed by atoms with van der Waals surface area (Å²) in [5.74, 6) is -23.1. The van der Waals surface area contributed by atoms with E-state index in [9.17, 15) is 68.4 Å². The highest BCUT2D eigenvalue weighted by molar-refractivity contribution is 8.77. The van der Waals surface area contributed by atoms with Crippen molar-refractivity contribution in [3.8, 4) is 5.75 Å². The molecule has 4 aromatic rings. The molecule has 124 heavy (non-hydrogen) atoms. The fourth-order valence-electron chi connectivity index (χ4n) is 15.3. The third-order valence-corrected chi connectivity index (χ3v) is 27.5. The second-order valence-corrected chi connectivity index (χ2v) is 36.8. The molecular weight excluding hydrogens is 1680 g/mol. The molecule has 8 rings (SSSR count). The fraction of sp³-hybridized carbons (Fsp3) is 0.541. The Bertz CT molecular complexity index is 4540. The number of nitrogens with zero attached hydrogens (tertiary/aromatic N) is 2. The van der Waals surface area contributed by atoms with Crippen LogP contribution in [0.15, 0.2) is 85.1 Å². The summed E-state index contributed by atoms with van der Waals surface area (Å²) < 4.78 is 0. The summed E-state index contributed by atoms with van der Waals surface area (Å²) in [5.41, 5.74) is 7.67. The number of aliphatic hydroxyl groups excluding tert-OH is 2. The Labute approximate surface area is 732 Å². The molecule has 4 aliphatic heterocycles. The van der Waals surface area contributed by atoms with E-state index in [-0.39, 0.29) is 94.2 Å². The molecule has 14 atom stereocenters. The van der Waals surface area contributed by atoms with Gasteiger partial charge in [0.25, 0.3) is 0 Å². The number of fused-ring (bicyclic) bond motifs is 8. The predicted octanol–water partition coefficient (Wildman–Crippen LogP) is 2.38. The van der Waals surface area contributed by atoms with Gasteiger partial charge in [-0.1, -0.05) is 104 Å². The molecule has 0 aliphatic carbocycles. The van der Waals surface area contributed by atoms with Gasteiger partial charge in [0.05, 0.1) is 61.2 Å². The molecule has 0 unspecified atom stereocenters. The van der Waals surface area contributed by atoms with Crippen LogP contribution in [0.25, 0.3) is 10.9 Å². The van der Waals surface area contributed by atoms with Crippen LogP contribution in [0.1, 0.15) is 147 Å². The third kappa shape index (κ3) is 30.5. The predicted molar refractivity (Wildman–Crippen MR) is 463 cm³/mol. The Hall–Kier alpha value is -10.4. The number of carboxylic acid groups (broad SMARTS) is 1. The number of carbonyl (C=O) groups excluding carboxylic acids is 17. The number of phenols is 1. The van der Waals surface area contributed by atoms with Crippen molar-refractivity contribution in [2.24, 2.45) is 35.3 Å². The van der Waals surface area contributed by atoms with E-state index in [1.165, 1.54) is 54.8 Å². The number of hydrogen-bond donors (Lipinski definition) is 15. The number of aliphatic hydroxyl groups is 2. The summed E-state index contributed by atoms with van der Waals surface area (Å²) in [4.78, 5) is 265. The van der Waals surface area contributed by atoms with Crippen molar-refractivity contribution in [2.75, 3.05) is 55.9 Å². The second kappa shape index (κ2) is 49.4. The van der Waals surface area contributed by atoms with E-state index < -0.39 is 278 Å². The maximum atomic E-state index is 15.6. The van der Waals surface area contributed by atoms with Crippen LogP contribution in [0, 0.1) is 35.0 Å². The van der Waals surface area contributed by atoms with E-state index in [4.69, 9.17) is 11.1 Å². The summed E-state index contributed by atoms with van der Waals surface area (Å²) in [6.07, 6.45) is -4.71. The van der Waals surface area contributed by atoms with Crippen molar-refractivity contribution in [1.29, 1.82) is 5.41 Å². The van der Waals surface area contributed by atoms with Crippen LogP contribution in [0.3, 0.4) is 0 Å². The molecule has 4 fully saturated rings. The number of nitrogens with one attached hydrogen (secondary N) is 10. The number of aromatic amines is 1. The highest BCUT2D eigenvalue weighted by Gasteiger charge is 2.45. The number of guanidine groups is 1. The van der Waals surface area contributed by atoms with E-state index in [1.54, 1.807) is 60.8 Å². The summed E-state index contributed by atoms with van der Waals surface area (Å²) in [7, 11) is 3.74. The molecule has 39 heteroatoms. The van der Waals surface area contributed by atoms with Crippen LogP contribution < -0.4 is 48.3 Å². The molecule has 4 aliphatic rings. The minimum Gasteiger partial charge on any atom is -0.508 e. The maximum absolute atomic E-state index is 15.6. The molecule has 5 heterocycles. The van der Waals surface area contributed by atoms with Crippen LogP contribution >= 0.6 is 43.2 Å². The number of aliphatic carboxylic acids is 1. The molecule has 16 N–H and O–H groups in total. The Kier molecular flexibility index (Phi) is 39.4. The maximum Gasteiger partial charge on any atom is 0.303 e. The van der Waals surface area contributed by atoms with Gasteiger partial charge in [-0.2, -0.15) is 0 Å². The van der Waals surface area contributed by atoms with E-state index in [2.05, 4.69) is 47.5 Å². The summed E-state index contributed by atoms with van der Waals surface area (Å²) in [6, 6.07) is 8.26. The van der Waals surface area contributed by atoms with Gasteiger partial charge in [0.15, 0.2) is 46.4 Å². The van der Waals surface area contributed by atoms with Crippen molar-refractivity contribution < 1.29 is 107 Å². The quantitative estimate of drug-likeness (QED) is 0.0196. The monoisotopic (exact) mass is 1790 g/mol. The van der Waals surface area contributed by atoms with E-state index in [1.807, 2.05) is 0 Å². The molecule has 4 saturated heterocycles. The van der Waals surface area contributed by atoms with Gasteiger partial charge in [0.1, 0.15) is 35.7 Å². The summed E-state index contributed by atoms with van der Waals surface area (Å²) in [5, 5.41) is 71.7. The zero-order valence-electron chi connectivity index (χ0n) is 69.4. The molecule has 3 aromatic carbocycles. The van der Waals surface area contributed by atoms with Gasteiger partial charge >= 0.3 is 5.97 Å². The molecule has 0 saturated carbocycles. The number of amides is 9. The molecule has 35 nitrogen and oxygen atoms in total. The second-order valence-electron chi connectivity index (χ2n) is 31.7. The highest BCUT2D eigenvalue weighted by atomic mass is 33.1. The number of rotatable bonds is 25. The van der Waals surface area contributed by atoms with Gasteiger partial charge in [-0.15, -0.1) is 0 Å². The molecule has 2 bridgehead atoms. The smallest absolute Gasteiger partial charge is 0.303 e. The van der Waals surface area contributed by atoms with Crippen molar-refractivity contribution >= 4 is 165 Å². The minimum absolute atomic E-state index is 0.0665. The van der Waals surface area contributed by atoms with Crippen LogP contribution in [-0.2, 0) is 106 Å². The number of carbonyl (C=O) groups is 18. The Morgan fingerprint density at radius 2 is 1.13 bits per heavy atom. The highest BCUT2D eigenvalue weighted by Crippen LogP contribution is 2.34. The first-order valence-corrected chi connectivity index (χ1v) is 46.4. The molecule has 9 amide bonds. The number of H-pyrrole nitrogens is 1. The van der Waals surface area contributed by atoms with E-state index in [0.717, 1.165) is 43.2 Å². The van der Waals surface area contributed by atoms with E-state index in [0.29, 0.717) is 40.4 Å². The first-order valence-electron chi connectivity index (χ1n) is 41.5. The average Bonchev–Trinajstić information content (AvgIpc) is 1.64. The van der Waals surface area contributed by atoms with Crippen molar-refractivity contribution in [3.05, 3.63) is 102 Å². The minimum atomic E-state index is -1.75. The number of ketones is 8. The first kappa shape index (κ1) is 99.1. The fourth-order valence-corrected chi connectivity index (χ4v) is 20.6. The standard InChI is InChI=1S/C85H111N13O22S4/c1-47(90-49(3)102)69(104)24-26-76(111)91-66(42-100)75(110)39-57-46-122-121-43-54(48(2)101)36-73(108)64(34-53-40-89-60-15-8-7-14-59(53)60)95-81(117)55-37-72(107)62(23-28-78(113)114)92-79(115)52(32-50-12-5-4-6-13-50)35-71(106)61(16-9-29-88-85(86)87)93-83(119)67-17-10-31-98(67)84(120)68-18-11-30-97(68)77(112)27-25-70(105)65(41-99)96-82(118)56(45-124-123-44-55)38-74(109)63(94-80(57)116)33-51-19-21-58(103)22-20-51/h4-8,12-15,19-22,40,47,52,54-57,61-68,89,99-100,103H,9-11,16-18,23-39,41-46H2,1-3H3,(H,90,102)(H,91,111)(H,92,115)(H,93,119)(H,94,116)(H,95,117)(H,96,118)(H,113,114)(H4,86,87,88)/t47-,52+,54-,55-,56-,57-,61-,62-,63-,64-,65-,66-,67-,68-/m0/s1. The number of nitrogens with two attached hydrogens (primary N) is 1. The van der Waals surface area contributed by atoms with Crippen molar-refractivity contribution in [2.45, 2.75) is 204 Å². The van der Waals surface area contributed by atoms with Gasteiger partial charge in [0, 0.05) is 149 Å². The molecule has 672 valence electrons. The summed E-state index contributed by atoms with van der Waals surface area (Å²) in [6.45, 7) is 2.04. The SMILES string of the molecule is CC(=O)N[C@@H](C)C(=O)CCC(=O)N[C@@H](CO)C(=O)C[C@H]1CSSC[C@@H](C(C)=O)CC(=O)[C@H](Cc2c[nH]c3ccccc23)NC(=O)[C@@H]2CSSC[C@H](CC(=O)[C@H](Cc3ccc(O)cc3)NC1=O)C(=O)N[C@@H](CO)C(=O)CCC(=O)N1CCC[C@H]1C(=O)N1CCC[C@H]1C(=O)N[C@@H](CCCNC(=N)N)C(=O)C[C@@H](Cc1ccccc1)C(=O)N[C@@H](CCC(=O)O)C(=O)C2. The largest absolute Gasteiger partial charge is 0.508 e. The number of benzene rings is 3. The lowest BCUT2D eigenvalue weighted by atomic mass is 9.89. The molecule has 1 aromatic heterocycles. The van der Waals surface area contributed by atoms with Gasteiger partial charge in [-0.3, -0.25) is 91.7 Å². The number of Topliss-reactive ketones (excluding diaryl/α,β-unsaturated/α-hetero) is 8. The Morgan fingerprint density at radius 1 is 0.565 bits per heavy atom. The zero-order valence-corrected chi connectivity index (χ0v) is 72.7. The zero-order chi connectivity index (χ0) is 90.3. The summed E-state index contributed by atoms with van der Waals surface area (Å²) >= 11 is 0. The lowest BCUT2D eigenvalue weighted by Gasteiger charge is -2.32.